The van der Waals surface area contributed by atoms with Crippen LogP contribution in [-0.4, -0.2) is 18.0 Å². The van der Waals surface area contributed by atoms with Crippen molar-refractivity contribution in [2.24, 2.45) is 10.8 Å². The van der Waals surface area contributed by atoms with Crippen LogP contribution in [0.2, 0.25) is 5.02 Å². The fourth-order valence-corrected chi connectivity index (χ4v) is 2.65. The van der Waals surface area contributed by atoms with E-state index in [1.807, 2.05) is 25.1 Å². The molecule has 0 aliphatic heterocycles. The Morgan fingerprint density at radius 1 is 1.40 bits per heavy atom. The van der Waals surface area contributed by atoms with Gasteiger partial charge in [-0.1, -0.05) is 36.9 Å². The van der Waals surface area contributed by atoms with Crippen LogP contribution in [0.1, 0.15) is 39.0 Å². The summed E-state index contributed by atoms with van der Waals surface area (Å²) in [5, 5.41) is 0.654. The molecule has 1 fully saturated rings. The average Bonchev–Trinajstić information content (AvgIpc) is 2.45. The molecule has 1 atom stereocenters. The van der Waals surface area contributed by atoms with Gasteiger partial charge >= 0.3 is 0 Å². The third-order valence-electron chi connectivity index (χ3n) is 3.54. The zero-order valence-corrected chi connectivity index (χ0v) is 12.6. The highest BCUT2D eigenvalue weighted by Crippen LogP contribution is 2.21. The third-order valence-corrected chi connectivity index (χ3v) is 3.77. The molecule has 110 valence electrons. The lowest BCUT2D eigenvalue weighted by atomic mass is 9.96. The summed E-state index contributed by atoms with van der Waals surface area (Å²) in [7, 11) is 0. The quantitative estimate of drug-likeness (QED) is 0.388. The van der Waals surface area contributed by atoms with Gasteiger partial charge in [-0.2, -0.15) is 0 Å². The first-order chi connectivity index (χ1) is 9.69. The summed E-state index contributed by atoms with van der Waals surface area (Å²) in [6.45, 7) is 1.93. The van der Waals surface area contributed by atoms with Crippen LogP contribution >= 0.6 is 11.6 Å². The Morgan fingerprint density at radius 2 is 2.15 bits per heavy atom. The molecule has 1 aliphatic rings. The van der Waals surface area contributed by atoms with Crippen molar-refractivity contribution in [1.29, 1.82) is 0 Å². The number of halogens is 1. The highest BCUT2D eigenvalue weighted by molar-refractivity contribution is 6.30. The summed E-state index contributed by atoms with van der Waals surface area (Å²) in [6.07, 6.45) is 5.85. The first-order valence-corrected chi connectivity index (χ1v) is 7.53. The SMILES string of the molecule is CC(Oc1cccc(Cl)c1)C(=NC1CCCCC1)NN. The lowest BCUT2D eigenvalue weighted by Gasteiger charge is -2.22. The van der Waals surface area contributed by atoms with Gasteiger partial charge in [0.05, 0.1) is 6.04 Å². The molecule has 1 saturated carbocycles. The van der Waals surface area contributed by atoms with Gasteiger partial charge in [-0.25, -0.2) is 5.84 Å². The van der Waals surface area contributed by atoms with Gasteiger partial charge in [0.2, 0.25) is 0 Å². The number of hydrogen-bond acceptors (Lipinski definition) is 3. The summed E-state index contributed by atoms with van der Waals surface area (Å²) < 4.78 is 5.83. The van der Waals surface area contributed by atoms with E-state index in [0.29, 0.717) is 16.9 Å². The van der Waals surface area contributed by atoms with Crippen LogP contribution in [0.25, 0.3) is 0 Å². The molecule has 1 unspecified atom stereocenters. The molecular weight excluding hydrogens is 274 g/mol. The Labute approximate surface area is 125 Å². The maximum absolute atomic E-state index is 5.95. The van der Waals surface area contributed by atoms with Crippen molar-refractivity contribution < 1.29 is 4.74 Å². The molecule has 2 rings (SSSR count). The van der Waals surface area contributed by atoms with Crippen LogP contribution < -0.4 is 16.0 Å². The molecule has 0 saturated heterocycles. The molecule has 20 heavy (non-hydrogen) atoms. The van der Waals surface area contributed by atoms with Crippen LogP contribution in [0.3, 0.4) is 0 Å². The predicted molar refractivity (Wildman–Crippen MR) is 83.2 cm³/mol. The highest BCUT2D eigenvalue weighted by atomic mass is 35.5. The fourth-order valence-electron chi connectivity index (χ4n) is 2.47. The minimum Gasteiger partial charge on any atom is -0.483 e. The topological polar surface area (TPSA) is 59.6 Å². The summed E-state index contributed by atoms with van der Waals surface area (Å²) in [5.41, 5.74) is 2.68. The second-order valence-corrected chi connectivity index (χ2v) is 5.60. The van der Waals surface area contributed by atoms with Gasteiger partial charge in [0, 0.05) is 5.02 Å². The van der Waals surface area contributed by atoms with Crippen molar-refractivity contribution in [3.63, 3.8) is 0 Å². The van der Waals surface area contributed by atoms with E-state index in [2.05, 4.69) is 5.43 Å². The molecular formula is C15H22ClN3O. The van der Waals surface area contributed by atoms with Gasteiger partial charge in [0.1, 0.15) is 5.75 Å². The lowest BCUT2D eigenvalue weighted by Crippen LogP contribution is -2.41. The second kappa shape index (κ2) is 7.50. The summed E-state index contributed by atoms with van der Waals surface area (Å²) in [5.74, 6) is 7.00. The van der Waals surface area contributed by atoms with Crippen LogP contribution in [-0.2, 0) is 0 Å². The Kier molecular flexibility index (Phi) is 5.68. The van der Waals surface area contributed by atoms with Gasteiger partial charge in [-0.15, -0.1) is 0 Å². The van der Waals surface area contributed by atoms with Crippen molar-refractivity contribution in [3.8, 4) is 5.75 Å². The zero-order chi connectivity index (χ0) is 14.4. The molecule has 3 N–H and O–H groups in total. The molecule has 1 aliphatic carbocycles. The zero-order valence-electron chi connectivity index (χ0n) is 11.8. The van der Waals surface area contributed by atoms with E-state index in [1.165, 1.54) is 19.3 Å². The van der Waals surface area contributed by atoms with E-state index in [0.717, 1.165) is 18.6 Å². The monoisotopic (exact) mass is 295 g/mol. The first-order valence-electron chi connectivity index (χ1n) is 7.15. The molecule has 4 nitrogen and oxygen atoms in total. The smallest absolute Gasteiger partial charge is 0.154 e. The van der Waals surface area contributed by atoms with Crippen molar-refractivity contribution in [2.75, 3.05) is 0 Å². The fraction of sp³-hybridized carbons (Fsp3) is 0.533. The number of nitrogens with one attached hydrogen (secondary N) is 1. The number of hydrazine groups is 1. The van der Waals surface area contributed by atoms with Gasteiger partial charge in [0.15, 0.2) is 11.9 Å². The van der Waals surface area contributed by atoms with Crippen molar-refractivity contribution in [1.82, 2.24) is 5.43 Å². The molecule has 0 bridgehead atoms. The van der Waals surface area contributed by atoms with Gasteiger partial charge < -0.3 is 10.2 Å². The molecule has 0 heterocycles. The summed E-state index contributed by atoms with van der Waals surface area (Å²) >= 11 is 5.95. The Morgan fingerprint density at radius 3 is 2.80 bits per heavy atom. The van der Waals surface area contributed by atoms with Crippen LogP contribution in [0.5, 0.6) is 5.75 Å². The largest absolute Gasteiger partial charge is 0.483 e. The Hall–Kier alpha value is -1.26. The average molecular weight is 296 g/mol. The molecule has 1 aromatic carbocycles. The Bertz CT molecular complexity index is 458. The molecule has 0 aromatic heterocycles. The minimum absolute atomic E-state index is 0.222. The van der Waals surface area contributed by atoms with Crippen LogP contribution in [0.15, 0.2) is 29.3 Å². The second-order valence-electron chi connectivity index (χ2n) is 5.17. The van der Waals surface area contributed by atoms with Crippen molar-refractivity contribution >= 4 is 17.4 Å². The molecule has 5 heteroatoms. The summed E-state index contributed by atoms with van der Waals surface area (Å²) in [6, 6.07) is 7.69. The number of nitrogens with zero attached hydrogens (tertiary/aromatic N) is 1. The lowest BCUT2D eigenvalue weighted by molar-refractivity contribution is 0.280. The number of amidine groups is 1. The molecule has 0 spiro atoms. The molecule has 0 amide bonds. The molecule has 0 radical (unpaired) electrons. The maximum Gasteiger partial charge on any atom is 0.154 e. The van der Waals surface area contributed by atoms with E-state index in [9.17, 15) is 0 Å². The number of benzene rings is 1. The van der Waals surface area contributed by atoms with Crippen molar-refractivity contribution in [3.05, 3.63) is 29.3 Å². The minimum atomic E-state index is -0.222. The van der Waals surface area contributed by atoms with Gasteiger partial charge in [0.25, 0.3) is 0 Å². The number of nitrogens with two attached hydrogens (primary N) is 1. The third kappa shape index (κ3) is 4.39. The normalized spacial score (nSPS) is 18.6. The van der Waals surface area contributed by atoms with Crippen LogP contribution in [0.4, 0.5) is 0 Å². The number of ether oxygens (including phenoxy) is 1. The first kappa shape index (κ1) is 15.1. The van der Waals surface area contributed by atoms with E-state index in [4.69, 9.17) is 27.2 Å². The summed E-state index contributed by atoms with van der Waals surface area (Å²) in [4.78, 5) is 4.70. The predicted octanol–water partition coefficient (Wildman–Crippen LogP) is 3.30. The standard InChI is InChI=1S/C15H22ClN3O/c1-11(20-14-9-5-6-12(16)10-14)15(19-17)18-13-7-3-2-4-8-13/h5-6,9-11,13H,2-4,7-8,17H2,1H3,(H,18,19). The molecule has 1 aromatic rings. The van der Waals surface area contributed by atoms with E-state index in [-0.39, 0.29) is 6.10 Å². The van der Waals surface area contributed by atoms with E-state index < -0.39 is 0 Å². The number of hydrogen-bond donors (Lipinski definition) is 2. The van der Waals surface area contributed by atoms with Crippen LogP contribution in [0, 0.1) is 0 Å². The van der Waals surface area contributed by atoms with Crippen molar-refractivity contribution in [2.45, 2.75) is 51.2 Å². The van der Waals surface area contributed by atoms with E-state index >= 15 is 0 Å². The number of aliphatic imine (C=N–C) groups is 1. The van der Waals surface area contributed by atoms with Gasteiger partial charge in [-0.05, 0) is 38.0 Å². The van der Waals surface area contributed by atoms with E-state index in [1.54, 1.807) is 6.07 Å². The highest BCUT2D eigenvalue weighted by Gasteiger charge is 2.17. The van der Waals surface area contributed by atoms with Gasteiger partial charge in [-0.3, -0.25) is 4.99 Å². The maximum atomic E-state index is 5.95. The Balaban J connectivity index is 2.00. The number of rotatable bonds is 4.